The van der Waals surface area contributed by atoms with Gasteiger partial charge in [-0.3, -0.25) is 0 Å². The Morgan fingerprint density at radius 1 is 1.29 bits per heavy atom. The van der Waals surface area contributed by atoms with Gasteiger partial charge >= 0.3 is 0 Å². The largest absolute Gasteiger partial charge is 0.328 e. The lowest BCUT2D eigenvalue weighted by atomic mass is 9.79. The fourth-order valence-electron chi connectivity index (χ4n) is 1.73. The van der Waals surface area contributed by atoms with Crippen molar-refractivity contribution in [1.82, 2.24) is 0 Å². The first-order valence-electron chi connectivity index (χ1n) is 5.18. The normalized spacial score (nSPS) is 16.7. The van der Waals surface area contributed by atoms with Crippen LogP contribution in [-0.2, 0) is 0 Å². The molecule has 0 heterocycles. The van der Waals surface area contributed by atoms with Gasteiger partial charge in [0.05, 0.1) is 5.54 Å². The van der Waals surface area contributed by atoms with Crippen molar-refractivity contribution in [3.63, 3.8) is 0 Å². The summed E-state index contributed by atoms with van der Waals surface area (Å²) in [5.41, 5.74) is 9.97. The number of rotatable bonds is 7. The maximum atomic E-state index is 12.7. The summed E-state index contributed by atoms with van der Waals surface area (Å²) in [4.78, 5) is 0. The first-order valence-corrected chi connectivity index (χ1v) is 5.18. The van der Waals surface area contributed by atoms with E-state index in [2.05, 4.69) is 0 Å². The first-order chi connectivity index (χ1) is 6.51. The summed E-state index contributed by atoms with van der Waals surface area (Å²) in [6.07, 6.45) is 2.58. The van der Waals surface area contributed by atoms with Crippen LogP contribution in [0, 0.1) is 5.92 Å². The molecule has 0 spiro atoms. The van der Waals surface area contributed by atoms with Crippen molar-refractivity contribution in [2.45, 2.75) is 44.7 Å². The van der Waals surface area contributed by atoms with Gasteiger partial charge in [-0.25, -0.2) is 8.78 Å². The van der Waals surface area contributed by atoms with Gasteiger partial charge in [0.2, 0.25) is 0 Å². The van der Waals surface area contributed by atoms with Crippen molar-refractivity contribution in [2.24, 2.45) is 17.4 Å². The Kier molecular flexibility index (Phi) is 6.20. The van der Waals surface area contributed by atoms with Crippen molar-refractivity contribution >= 4 is 0 Å². The molecule has 4 heteroatoms. The zero-order valence-corrected chi connectivity index (χ0v) is 9.10. The van der Waals surface area contributed by atoms with E-state index >= 15 is 0 Å². The lowest BCUT2D eigenvalue weighted by Gasteiger charge is -2.35. The van der Waals surface area contributed by atoms with Crippen LogP contribution in [0.25, 0.3) is 0 Å². The molecular weight excluding hydrogens is 186 g/mol. The molecule has 0 aromatic rings. The Bertz CT molecular complexity index is 147. The molecule has 0 aliphatic heterocycles. The third kappa shape index (κ3) is 3.50. The molecule has 0 aliphatic rings. The van der Waals surface area contributed by atoms with Crippen LogP contribution in [0.1, 0.15) is 33.1 Å². The number of unbranched alkanes of at least 4 members (excludes halogenated alkanes) is 1. The highest BCUT2D eigenvalue weighted by Crippen LogP contribution is 2.24. The fraction of sp³-hybridized carbons (Fsp3) is 1.00. The molecule has 86 valence electrons. The van der Waals surface area contributed by atoms with Gasteiger partial charge in [-0.1, -0.05) is 19.8 Å². The van der Waals surface area contributed by atoms with Crippen LogP contribution in [0.2, 0.25) is 0 Å². The fourth-order valence-corrected chi connectivity index (χ4v) is 1.73. The van der Waals surface area contributed by atoms with Crippen LogP contribution in [-0.4, -0.2) is 24.9 Å². The third-order valence-electron chi connectivity index (χ3n) is 2.74. The topological polar surface area (TPSA) is 52.0 Å². The van der Waals surface area contributed by atoms with Gasteiger partial charge in [0.1, 0.15) is 13.3 Å². The van der Waals surface area contributed by atoms with Gasteiger partial charge in [0.15, 0.2) is 0 Å². The molecule has 2 atom stereocenters. The van der Waals surface area contributed by atoms with E-state index in [0.717, 1.165) is 12.8 Å². The van der Waals surface area contributed by atoms with Crippen LogP contribution in [0.3, 0.4) is 0 Å². The zero-order valence-electron chi connectivity index (χ0n) is 9.10. The molecule has 0 fully saturated rings. The molecule has 0 aliphatic carbocycles. The highest BCUT2D eigenvalue weighted by Gasteiger charge is 2.37. The summed E-state index contributed by atoms with van der Waals surface area (Å²) in [5, 5.41) is 0. The quantitative estimate of drug-likeness (QED) is 0.670. The average Bonchev–Trinajstić information content (AvgIpc) is 2.17. The molecule has 0 aromatic heterocycles. The second-order valence-corrected chi connectivity index (χ2v) is 4.11. The Morgan fingerprint density at radius 2 is 1.79 bits per heavy atom. The van der Waals surface area contributed by atoms with E-state index < -0.39 is 18.9 Å². The predicted molar refractivity (Wildman–Crippen MR) is 55.5 cm³/mol. The summed E-state index contributed by atoms with van der Waals surface area (Å²) in [7, 11) is 0. The molecule has 2 unspecified atom stereocenters. The van der Waals surface area contributed by atoms with E-state index in [0.29, 0.717) is 6.42 Å². The van der Waals surface area contributed by atoms with Gasteiger partial charge < -0.3 is 11.5 Å². The Hall–Kier alpha value is -0.220. The molecular formula is C10H22F2N2. The third-order valence-corrected chi connectivity index (χ3v) is 2.74. The average molecular weight is 208 g/mol. The highest BCUT2D eigenvalue weighted by molar-refractivity contribution is 4.94. The van der Waals surface area contributed by atoms with Gasteiger partial charge in [0.25, 0.3) is 0 Å². The second kappa shape index (κ2) is 6.30. The predicted octanol–water partition coefficient (Wildman–Crippen LogP) is 1.78. The maximum absolute atomic E-state index is 12.7. The van der Waals surface area contributed by atoms with Crippen LogP contribution in [0.5, 0.6) is 0 Å². The minimum absolute atomic E-state index is 0.266. The zero-order chi connectivity index (χ0) is 11.2. The summed E-state index contributed by atoms with van der Waals surface area (Å²) in [6.45, 7) is 2.09. The molecule has 0 radical (unpaired) electrons. The van der Waals surface area contributed by atoms with Gasteiger partial charge in [-0.05, 0) is 19.3 Å². The van der Waals surface area contributed by atoms with E-state index in [1.807, 2.05) is 6.92 Å². The minimum atomic E-state index is -1.39. The molecule has 14 heavy (non-hydrogen) atoms. The van der Waals surface area contributed by atoms with E-state index in [-0.39, 0.29) is 12.0 Å². The standard InChI is InChI=1S/C10H22F2N2/c1-3-4-5-9(8(2)13)10(14,6-11)7-12/h8-9H,3-7,13-14H2,1-2H3. The molecule has 0 saturated heterocycles. The maximum Gasteiger partial charge on any atom is 0.110 e. The van der Waals surface area contributed by atoms with Crippen LogP contribution in [0.15, 0.2) is 0 Å². The van der Waals surface area contributed by atoms with Crippen molar-refractivity contribution in [2.75, 3.05) is 13.3 Å². The number of hydrogen-bond donors (Lipinski definition) is 2. The van der Waals surface area contributed by atoms with E-state index in [9.17, 15) is 8.78 Å². The van der Waals surface area contributed by atoms with Gasteiger partial charge in [0, 0.05) is 6.04 Å². The molecule has 0 saturated carbocycles. The Labute approximate surface area is 85.0 Å². The Balaban J connectivity index is 4.44. The summed E-state index contributed by atoms with van der Waals surface area (Å²) >= 11 is 0. The lowest BCUT2D eigenvalue weighted by Crippen LogP contribution is -2.56. The number of halogens is 2. The van der Waals surface area contributed by atoms with Gasteiger partial charge in [-0.2, -0.15) is 0 Å². The summed E-state index contributed by atoms with van der Waals surface area (Å²) < 4.78 is 25.3. The SMILES string of the molecule is CCCCC(C(C)N)C(N)(CF)CF. The molecule has 0 amide bonds. The number of hydrogen-bond acceptors (Lipinski definition) is 2. The Morgan fingerprint density at radius 3 is 2.07 bits per heavy atom. The molecule has 0 rings (SSSR count). The van der Waals surface area contributed by atoms with Crippen LogP contribution >= 0.6 is 0 Å². The lowest BCUT2D eigenvalue weighted by molar-refractivity contribution is 0.138. The molecule has 2 nitrogen and oxygen atoms in total. The highest BCUT2D eigenvalue weighted by atomic mass is 19.1. The number of alkyl halides is 2. The van der Waals surface area contributed by atoms with Crippen molar-refractivity contribution in [3.05, 3.63) is 0 Å². The van der Waals surface area contributed by atoms with Crippen LogP contribution < -0.4 is 11.5 Å². The number of nitrogens with two attached hydrogens (primary N) is 2. The van der Waals surface area contributed by atoms with Crippen molar-refractivity contribution in [3.8, 4) is 0 Å². The van der Waals surface area contributed by atoms with E-state index in [4.69, 9.17) is 11.5 Å². The van der Waals surface area contributed by atoms with Crippen molar-refractivity contribution in [1.29, 1.82) is 0 Å². The first kappa shape index (κ1) is 13.8. The summed E-state index contributed by atoms with van der Waals surface area (Å²) in [6, 6.07) is -0.266. The molecule has 0 bridgehead atoms. The molecule has 0 aromatic carbocycles. The van der Waals surface area contributed by atoms with Crippen LogP contribution in [0.4, 0.5) is 8.78 Å². The van der Waals surface area contributed by atoms with E-state index in [1.165, 1.54) is 0 Å². The summed E-state index contributed by atoms with van der Waals surface area (Å²) in [5.74, 6) is -0.280. The minimum Gasteiger partial charge on any atom is -0.328 e. The smallest absolute Gasteiger partial charge is 0.110 e. The second-order valence-electron chi connectivity index (χ2n) is 4.11. The van der Waals surface area contributed by atoms with Crippen molar-refractivity contribution < 1.29 is 8.78 Å². The van der Waals surface area contributed by atoms with Gasteiger partial charge in [-0.15, -0.1) is 0 Å². The van der Waals surface area contributed by atoms with E-state index in [1.54, 1.807) is 6.92 Å². The molecule has 4 N–H and O–H groups in total. The monoisotopic (exact) mass is 208 g/mol.